The summed E-state index contributed by atoms with van der Waals surface area (Å²) in [6.45, 7) is 11.5. The van der Waals surface area contributed by atoms with Crippen molar-refractivity contribution >= 4 is 23.9 Å². The Morgan fingerprint density at radius 2 is 0.808 bits per heavy atom. The zero-order valence-electron chi connectivity index (χ0n) is 15.1. The zero-order chi connectivity index (χ0) is 21.4. The van der Waals surface area contributed by atoms with Crippen LogP contribution in [-0.2, 0) is 19.2 Å². The van der Waals surface area contributed by atoms with Crippen molar-refractivity contribution < 1.29 is 39.6 Å². The lowest BCUT2D eigenvalue weighted by Gasteiger charge is -1.76. The highest BCUT2D eigenvalue weighted by Gasteiger charge is 1.88. The van der Waals surface area contributed by atoms with E-state index in [1.807, 2.05) is 12.2 Å². The van der Waals surface area contributed by atoms with Gasteiger partial charge in [0.25, 0.3) is 0 Å². The van der Waals surface area contributed by atoms with Gasteiger partial charge in [0.15, 0.2) is 0 Å². The highest BCUT2D eigenvalue weighted by molar-refractivity contribution is 5.90. The molecule has 0 aliphatic heterocycles. The Labute approximate surface area is 153 Å². The average Bonchev–Trinajstić information content (AvgIpc) is 2.57. The van der Waals surface area contributed by atoms with Crippen LogP contribution in [0, 0.1) is 0 Å². The highest BCUT2D eigenvalue weighted by Crippen LogP contribution is 1.86. The minimum Gasteiger partial charge on any atom is -0.478 e. The van der Waals surface area contributed by atoms with E-state index >= 15 is 0 Å². The van der Waals surface area contributed by atoms with E-state index in [0.29, 0.717) is 24.3 Å². The first-order chi connectivity index (χ1) is 12.1. The molecule has 0 amide bonds. The molecule has 8 heteroatoms. The summed E-state index contributed by atoms with van der Waals surface area (Å²) in [6.07, 6.45) is 10.8. The molecule has 0 aliphatic carbocycles. The summed E-state index contributed by atoms with van der Waals surface area (Å²) in [6, 6.07) is 0. The lowest BCUT2D eigenvalue weighted by Crippen LogP contribution is -1.91. The van der Waals surface area contributed by atoms with Crippen molar-refractivity contribution in [3.05, 3.63) is 49.6 Å². The summed E-state index contributed by atoms with van der Waals surface area (Å²) < 4.78 is 0. The van der Waals surface area contributed by atoms with E-state index in [0.717, 1.165) is 12.8 Å². The van der Waals surface area contributed by atoms with Crippen LogP contribution < -0.4 is 0 Å². The van der Waals surface area contributed by atoms with E-state index in [1.54, 1.807) is 0 Å². The standard InChI is InChI=1S/C6H10.2C4H4O4.C4H10/c1-3-5-6-4-2;2*5-3(6)1-2-4(7)8;1-3-4-2/h3-4H,1-2,5-6H2;2*1-2H,(H,5,6)(H,7,8);3-4H2,1-2H3/b;2-1+;2-1-;. The summed E-state index contributed by atoms with van der Waals surface area (Å²) in [5.74, 6) is -5.03. The second kappa shape index (κ2) is 26.7. The van der Waals surface area contributed by atoms with Gasteiger partial charge in [-0.25, -0.2) is 19.2 Å². The van der Waals surface area contributed by atoms with Crippen LogP contribution in [0.2, 0.25) is 0 Å². The van der Waals surface area contributed by atoms with E-state index in [-0.39, 0.29) is 0 Å². The number of rotatable bonds is 8. The minimum absolute atomic E-state index is 0.558. The van der Waals surface area contributed by atoms with E-state index in [9.17, 15) is 19.2 Å². The second-order valence-electron chi connectivity index (χ2n) is 4.17. The van der Waals surface area contributed by atoms with Gasteiger partial charge in [-0.15, -0.1) is 13.2 Å². The van der Waals surface area contributed by atoms with Gasteiger partial charge in [-0.1, -0.05) is 38.8 Å². The largest absolute Gasteiger partial charge is 0.478 e. The number of unbranched alkanes of at least 4 members (excludes halogenated alkanes) is 2. The smallest absolute Gasteiger partial charge is 0.328 e. The van der Waals surface area contributed by atoms with Gasteiger partial charge < -0.3 is 20.4 Å². The zero-order valence-corrected chi connectivity index (χ0v) is 15.1. The fourth-order valence-electron chi connectivity index (χ4n) is 0.521. The molecule has 0 aromatic carbocycles. The molecule has 0 fully saturated rings. The molecular formula is C18H28O8. The van der Waals surface area contributed by atoms with Crippen LogP contribution in [-0.4, -0.2) is 44.3 Å². The molecule has 0 aliphatic rings. The van der Waals surface area contributed by atoms with E-state index in [4.69, 9.17) is 20.4 Å². The molecule has 0 spiro atoms. The molecule has 0 rings (SSSR count). The third-order valence-corrected chi connectivity index (χ3v) is 1.81. The van der Waals surface area contributed by atoms with Gasteiger partial charge >= 0.3 is 23.9 Å². The number of allylic oxidation sites excluding steroid dienone is 2. The number of hydrogen-bond acceptors (Lipinski definition) is 4. The van der Waals surface area contributed by atoms with Gasteiger partial charge in [0, 0.05) is 24.3 Å². The Balaban J connectivity index is -0.000000128. The first-order valence-corrected chi connectivity index (χ1v) is 7.58. The minimum atomic E-state index is -1.26. The van der Waals surface area contributed by atoms with Crippen LogP contribution in [0.1, 0.15) is 39.5 Å². The molecule has 0 saturated carbocycles. The van der Waals surface area contributed by atoms with Gasteiger partial charge in [0.05, 0.1) is 0 Å². The van der Waals surface area contributed by atoms with Crippen molar-refractivity contribution in [1.29, 1.82) is 0 Å². The fraction of sp³-hybridized carbons (Fsp3) is 0.333. The maximum absolute atomic E-state index is 9.55. The first kappa shape index (κ1) is 30.7. The monoisotopic (exact) mass is 372 g/mol. The van der Waals surface area contributed by atoms with Crippen LogP contribution >= 0.6 is 0 Å². The maximum Gasteiger partial charge on any atom is 0.328 e. The van der Waals surface area contributed by atoms with Gasteiger partial charge in [-0.3, -0.25) is 0 Å². The summed E-state index contributed by atoms with van der Waals surface area (Å²) in [5, 5.41) is 31.2. The molecule has 26 heavy (non-hydrogen) atoms. The van der Waals surface area contributed by atoms with Gasteiger partial charge in [0.1, 0.15) is 0 Å². The number of carboxylic acids is 4. The Bertz CT molecular complexity index is 400. The third kappa shape index (κ3) is 69.8. The van der Waals surface area contributed by atoms with Gasteiger partial charge in [-0.2, -0.15) is 0 Å². The van der Waals surface area contributed by atoms with Crippen molar-refractivity contribution in [1.82, 2.24) is 0 Å². The van der Waals surface area contributed by atoms with Crippen LogP contribution in [0.3, 0.4) is 0 Å². The van der Waals surface area contributed by atoms with Crippen LogP contribution in [0.25, 0.3) is 0 Å². The van der Waals surface area contributed by atoms with Gasteiger partial charge in [0.2, 0.25) is 0 Å². The lowest BCUT2D eigenvalue weighted by molar-refractivity contribution is -0.134. The fourth-order valence-corrected chi connectivity index (χ4v) is 0.521. The van der Waals surface area contributed by atoms with Crippen molar-refractivity contribution in [3.8, 4) is 0 Å². The topological polar surface area (TPSA) is 149 Å². The SMILES string of the molecule is C=CCCC=C.CCCC.O=C(O)/C=C/C(=O)O.O=C(O)/C=C\C(=O)O. The molecule has 0 saturated heterocycles. The molecule has 0 unspecified atom stereocenters. The molecule has 4 N–H and O–H groups in total. The molecular weight excluding hydrogens is 344 g/mol. The van der Waals surface area contributed by atoms with Crippen molar-refractivity contribution in [2.24, 2.45) is 0 Å². The quantitative estimate of drug-likeness (QED) is 0.288. The Morgan fingerprint density at radius 1 is 0.615 bits per heavy atom. The predicted octanol–water partition coefficient (Wildman–Crippen LogP) is 3.37. The molecule has 0 atom stereocenters. The molecule has 0 heterocycles. The van der Waals surface area contributed by atoms with Crippen LogP contribution in [0.15, 0.2) is 49.6 Å². The third-order valence-electron chi connectivity index (χ3n) is 1.81. The summed E-state index contributed by atoms with van der Waals surface area (Å²) in [5.41, 5.74) is 0. The van der Waals surface area contributed by atoms with E-state index < -0.39 is 23.9 Å². The molecule has 0 aromatic rings. The van der Waals surface area contributed by atoms with Gasteiger partial charge in [-0.05, 0) is 12.8 Å². The predicted molar refractivity (Wildman–Crippen MR) is 99.0 cm³/mol. The number of hydrogen-bond donors (Lipinski definition) is 4. The normalized spacial score (nSPS) is 8.69. The van der Waals surface area contributed by atoms with E-state index in [2.05, 4.69) is 27.0 Å². The van der Waals surface area contributed by atoms with Crippen molar-refractivity contribution in [2.75, 3.05) is 0 Å². The Morgan fingerprint density at radius 3 is 0.885 bits per heavy atom. The number of aliphatic carboxylic acids is 4. The average molecular weight is 372 g/mol. The molecule has 148 valence electrons. The van der Waals surface area contributed by atoms with Crippen LogP contribution in [0.4, 0.5) is 0 Å². The highest BCUT2D eigenvalue weighted by atomic mass is 16.4. The Kier molecular flexibility index (Phi) is 31.5. The Hall–Kier alpha value is -3.16. The second-order valence-corrected chi connectivity index (χ2v) is 4.17. The number of carbonyl (C=O) groups is 4. The van der Waals surface area contributed by atoms with E-state index in [1.165, 1.54) is 12.8 Å². The molecule has 0 bridgehead atoms. The van der Waals surface area contributed by atoms with Crippen molar-refractivity contribution in [2.45, 2.75) is 39.5 Å². The van der Waals surface area contributed by atoms with Crippen molar-refractivity contribution in [3.63, 3.8) is 0 Å². The molecule has 8 nitrogen and oxygen atoms in total. The van der Waals surface area contributed by atoms with Crippen LogP contribution in [0.5, 0.6) is 0 Å². The molecule has 0 radical (unpaired) electrons. The lowest BCUT2D eigenvalue weighted by atomic mass is 10.3. The maximum atomic E-state index is 9.55. The summed E-state index contributed by atoms with van der Waals surface area (Å²) in [4.78, 5) is 38.2. The molecule has 0 aromatic heterocycles. The summed E-state index contributed by atoms with van der Waals surface area (Å²) in [7, 11) is 0. The number of carboxylic acid groups (broad SMARTS) is 4. The first-order valence-electron chi connectivity index (χ1n) is 7.58. The summed E-state index contributed by atoms with van der Waals surface area (Å²) >= 11 is 0.